The summed E-state index contributed by atoms with van der Waals surface area (Å²) in [6.07, 6.45) is 2.67. The lowest BCUT2D eigenvalue weighted by molar-refractivity contribution is -0.130. The van der Waals surface area contributed by atoms with Crippen molar-refractivity contribution in [2.45, 2.75) is 25.7 Å². The molecule has 1 atom stereocenters. The highest BCUT2D eigenvalue weighted by Gasteiger charge is 2.24. The van der Waals surface area contributed by atoms with Crippen LogP contribution in [0, 0.1) is 11.7 Å². The minimum absolute atomic E-state index is 0. The zero-order valence-corrected chi connectivity index (χ0v) is 14.7. The average Bonchev–Trinajstić information content (AvgIpc) is 3.24. The Kier molecular flexibility index (Phi) is 6.90. The zero-order chi connectivity index (χ0) is 16.9. The van der Waals surface area contributed by atoms with Gasteiger partial charge in [0.1, 0.15) is 5.82 Å². The first-order chi connectivity index (χ1) is 11.7. The van der Waals surface area contributed by atoms with Crippen molar-refractivity contribution in [3.8, 4) is 11.4 Å². The number of aromatic nitrogens is 2. The number of carbonyl (C=O) groups excluding carboxylic acids is 1. The van der Waals surface area contributed by atoms with E-state index in [4.69, 9.17) is 10.3 Å². The molecule has 3 rings (SSSR count). The van der Waals surface area contributed by atoms with E-state index in [9.17, 15) is 9.18 Å². The second-order valence-electron chi connectivity index (χ2n) is 6.10. The molecule has 25 heavy (non-hydrogen) atoms. The number of amides is 1. The molecule has 0 bridgehead atoms. The second-order valence-corrected chi connectivity index (χ2v) is 6.10. The number of nitrogens with two attached hydrogens (primary N) is 1. The van der Waals surface area contributed by atoms with Gasteiger partial charge in [-0.25, -0.2) is 4.39 Å². The van der Waals surface area contributed by atoms with E-state index in [2.05, 4.69) is 10.1 Å². The molecule has 1 saturated heterocycles. The largest absolute Gasteiger partial charge is 0.342 e. The van der Waals surface area contributed by atoms with Crippen molar-refractivity contribution >= 4 is 18.3 Å². The van der Waals surface area contributed by atoms with E-state index in [0.29, 0.717) is 49.0 Å². The Morgan fingerprint density at radius 3 is 2.80 bits per heavy atom. The third-order valence-electron chi connectivity index (χ3n) is 4.32. The van der Waals surface area contributed by atoms with E-state index in [0.717, 1.165) is 19.5 Å². The van der Waals surface area contributed by atoms with Gasteiger partial charge in [0.15, 0.2) is 0 Å². The van der Waals surface area contributed by atoms with Gasteiger partial charge in [0.25, 0.3) is 0 Å². The summed E-state index contributed by atoms with van der Waals surface area (Å²) in [6, 6.07) is 5.92. The maximum absolute atomic E-state index is 12.9. The molecule has 8 heteroatoms. The van der Waals surface area contributed by atoms with Gasteiger partial charge < -0.3 is 15.2 Å². The summed E-state index contributed by atoms with van der Waals surface area (Å²) < 4.78 is 18.1. The van der Waals surface area contributed by atoms with Crippen molar-refractivity contribution in [2.24, 2.45) is 11.7 Å². The Balaban J connectivity index is 0.00000225. The molecule has 2 N–H and O–H groups in total. The molecular formula is C17H22ClFN4O2. The topological polar surface area (TPSA) is 85.2 Å². The van der Waals surface area contributed by atoms with Crippen LogP contribution in [0.1, 0.15) is 25.2 Å². The van der Waals surface area contributed by atoms with Gasteiger partial charge in [0.05, 0.1) is 0 Å². The summed E-state index contributed by atoms with van der Waals surface area (Å²) in [7, 11) is 0. The Morgan fingerprint density at radius 2 is 2.12 bits per heavy atom. The Labute approximate surface area is 152 Å². The number of hydrogen-bond donors (Lipinski definition) is 1. The van der Waals surface area contributed by atoms with Crippen molar-refractivity contribution in [2.75, 3.05) is 19.6 Å². The molecule has 2 aromatic rings. The second kappa shape index (κ2) is 8.92. The van der Waals surface area contributed by atoms with Crippen LogP contribution < -0.4 is 5.73 Å². The molecular weight excluding hydrogens is 347 g/mol. The molecule has 1 aliphatic rings. The fourth-order valence-corrected chi connectivity index (χ4v) is 2.87. The Bertz CT molecular complexity index is 692. The molecule has 1 aromatic heterocycles. The van der Waals surface area contributed by atoms with Crippen molar-refractivity contribution in [3.05, 3.63) is 36.0 Å². The molecule has 1 aromatic carbocycles. The van der Waals surface area contributed by atoms with E-state index in [-0.39, 0.29) is 24.1 Å². The van der Waals surface area contributed by atoms with Crippen molar-refractivity contribution in [3.63, 3.8) is 0 Å². The lowest BCUT2D eigenvalue weighted by atomic mass is 10.1. The number of aryl methyl sites for hydroxylation is 1. The lowest BCUT2D eigenvalue weighted by Crippen LogP contribution is -2.29. The van der Waals surface area contributed by atoms with Gasteiger partial charge in [-0.2, -0.15) is 4.98 Å². The first-order valence-electron chi connectivity index (χ1n) is 8.22. The molecule has 0 aliphatic carbocycles. The average molecular weight is 369 g/mol. The monoisotopic (exact) mass is 368 g/mol. The molecule has 1 amide bonds. The maximum atomic E-state index is 12.9. The van der Waals surface area contributed by atoms with Gasteiger partial charge in [-0.1, -0.05) is 5.16 Å². The van der Waals surface area contributed by atoms with Gasteiger partial charge in [-0.3, -0.25) is 4.79 Å². The lowest BCUT2D eigenvalue weighted by Gasteiger charge is -2.15. The first kappa shape index (κ1) is 19.3. The summed E-state index contributed by atoms with van der Waals surface area (Å²) >= 11 is 0. The summed E-state index contributed by atoms with van der Waals surface area (Å²) in [4.78, 5) is 18.3. The van der Waals surface area contributed by atoms with Crippen LogP contribution in [0.15, 0.2) is 28.8 Å². The van der Waals surface area contributed by atoms with Crippen molar-refractivity contribution in [1.29, 1.82) is 0 Å². The number of hydrogen-bond acceptors (Lipinski definition) is 5. The first-order valence-corrected chi connectivity index (χ1v) is 8.22. The molecule has 2 heterocycles. The number of benzene rings is 1. The normalized spacial score (nSPS) is 16.7. The van der Waals surface area contributed by atoms with Crippen molar-refractivity contribution in [1.82, 2.24) is 15.0 Å². The molecule has 1 unspecified atom stereocenters. The quantitative estimate of drug-likeness (QED) is 0.846. The highest BCUT2D eigenvalue weighted by Crippen LogP contribution is 2.18. The molecule has 1 fully saturated rings. The fraction of sp³-hybridized carbons (Fsp3) is 0.471. The van der Waals surface area contributed by atoms with E-state index in [1.165, 1.54) is 12.1 Å². The molecule has 1 aliphatic heterocycles. The standard InChI is InChI=1S/C17H21FN4O2.ClH/c18-14-6-4-13(5-7-14)17-20-15(24-21-17)2-1-3-16(23)22-9-8-12(10-19)11-22;/h4-7,12H,1-3,8-11,19H2;1H. The molecule has 136 valence electrons. The Hall–Kier alpha value is -1.99. The number of rotatable bonds is 6. The van der Waals surface area contributed by atoms with Crippen LogP contribution in [0.3, 0.4) is 0 Å². The summed E-state index contributed by atoms with van der Waals surface area (Å²) in [5, 5.41) is 3.89. The number of likely N-dealkylation sites (tertiary alicyclic amines) is 1. The van der Waals surface area contributed by atoms with Crippen LogP contribution in [0.4, 0.5) is 4.39 Å². The van der Waals surface area contributed by atoms with E-state index < -0.39 is 0 Å². The highest BCUT2D eigenvalue weighted by atomic mass is 35.5. The van der Waals surface area contributed by atoms with E-state index in [1.807, 2.05) is 4.90 Å². The van der Waals surface area contributed by atoms with Gasteiger partial charge in [0, 0.05) is 31.5 Å². The molecule has 0 spiro atoms. The van der Waals surface area contributed by atoms with E-state index >= 15 is 0 Å². The van der Waals surface area contributed by atoms with Gasteiger partial charge in [-0.05, 0) is 49.6 Å². The van der Waals surface area contributed by atoms with Crippen LogP contribution in [0.25, 0.3) is 11.4 Å². The minimum atomic E-state index is -0.306. The fourth-order valence-electron chi connectivity index (χ4n) is 2.87. The van der Waals surface area contributed by atoms with Crippen LogP contribution in [0.5, 0.6) is 0 Å². The smallest absolute Gasteiger partial charge is 0.226 e. The number of nitrogens with zero attached hydrogens (tertiary/aromatic N) is 3. The summed E-state index contributed by atoms with van der Waals surface area (Å²) in [6.45, 7) is 2.21. The molecule has 6 nitrogen and oxygen atoms in total. The number of halogens is 2. The zero-order valence-electron chi connectivity index (χ0n) is 13.9. The highest BCUT2D eigenvalue weighted by molar-refractivity contribution is 5.85. The predicted octanol–water partition coefficient (Wildman–Crippen LogP) is 2.43. The minimum Gasteiger partial charge on any atom is -0.342 e. The molecule has 0 radical (unpaired) electrons. The summed E-state index contributed by atoms with van der Waals surface area (Å²) in [5.41, 5.74) is 6.35. The van der Waals surface area contributed by atoms with Gasteiger partial charge in [0.2, 0.25) is 17.6 Å². The van der Waals surface area contributed by atoms with Crippen LogP contribution in [-0.4, -0.2) is 40.6 Å². The molecule has 0 saturated carbocycles. The van der Waals surface area contributed by atoms with Crippen LogP contribution in [0.2, 0.25) is 0 Å². The van der Waals surface area contributed by atoms with Gasteiger partial charge >= 0.3 is 0 Å². The van der Waals surface area contributed by atoms with E-state index in [1.54, 1.807) is 12.1 Å². The Morgan fingerprint density at radius 1 is 1.36 bits per heavy atom. The predicted molar refractivity (Wildman–Crippen MR) is 93.6 cm³/mol. The maximum Gasteiger partial charge on any atom is 0.226 e. The van der Waals surface area contributed by atoms with Crippen LogP contribution in [-0.2, 0) is 11.2 Å². The number of carbonyl (C=O) groups is 1. The third-order valence-corrected chi connectivity index (χ3v) is 4.32. The SMILES string of the molecule is Cl.NCC1CCN(C(=O)CCCc2nc(-c3ccc(F)cc3)no2)C1. The summed E-state index contributed by atoms with van der Waals surface area (Å²) in [5.74, 6) is 1.21. The van der Waals surface area contributed by atoms with Gasteiger partial charge in [-0.15, -0.1) is 12.4 Å². The van der Waals surface area contributed by atoms with Crippen molar-refractivity contribution < 1.29 is 13.7 Å². The third kappa shape index (κ3) is 4.99. The van der Waals surface area contributed by atoms with Crippen LogP contribution >= 0.6 is 12.4 Å².